The molecule has 2 atom stereocenters. The molecule has 0 aliphatic carbocycles. The molecule has 4 heteroatoms. The molecule has 1 rings (SSSR count). The molecule has 2 unspecified atom stereocenters. The molecule has 15 heavy (non-hydrogen) atoms. The first-order valence-corrected chi connectivity index (χ1v) is 6.12. The van der Waals surface area contributed by atoms with Crippen LogP contribution in [0.3, 0.4) is 0 Å². The minimum absolute atomic E-state index is 0.394. The van der Waals surface area contributed by atoms with Crippen LogP contribution in [0.2, 0.25) is 0 Å². The second-order valence-electron chi connectivity index (χ2n) is 3.65. The number of hydrogen-bond donors (Lipinski definition) is 1. The minimum Gasteiger partial charge on any atom is -0.495 e. The molecule has 1 heterocycles. The van der Waals surface area contributed by atoms with Gasteiger partial charge in [-0.3, -0.25) is 0 Å². The van der Waals surface area contributed by atoms with E-state index in [1.807, 2.05) is 12.1 Å². The Labute approximate surface area is 99.4 Å². The summed E-state index contributed by atoms with van der Waals surface area (Å²) in [4.78, 5) is 4.25. The summed E-state index contributed by atoms with van der Waals surface area (Å²) in [5.74, 6) is 2.23. The molecule has 3 nitrogen and oxygen atoms in total. The predicted molar refractivity (Wildman–Crippen MR) is 66.8 cm³/mol. The summed E-state index contributed by atoms with van der Waals surface area (Å²) >= 11 is 3.47. The van der Waals surface area contributed by atoms with Crippen LogP contribution in [0.5, 0.6) is 5.75 Å². The van der Waals surface area contributed by atoms with Crippen LogP contribution in [-0.2, 0) is 0 Å². The van der Waals surface area contributed by atoms with Crippen LogP contribution in [0, 0.1) is 5.92 Å². The highest BCUT2D eigenvalue weighted by Gasteiger charge is 2.10. The number of anilines is 1. The van der Waals surface area contributed by atoms with E-state index in [2.05, 4.69) is 40.1 Å². The van der Waals surface area contributed by atoms with Crippen LogP contribution in [0.1, 0.15) is 13.8 Å². The molecule has 0 spiro atoms. The standard InChI is InChI=1S/C11H17BrN2O/c1-8(6-12)9(2)14-11-5-4-10(15-3)7-13-11/h4-5,7-9H,6H2,1-3H3,(H,13,14). The van der Waals surface area contributed by atoms with Gasteiger partial charge in [0.25, 0.3) is 0 Å². The Balaban J connectivity index is 2.57. The number of aromatic nitrogens is 1. The molecule has 0 bridgehead atoms. The smallest absolute Gasteiger partial charge is 0.137 e. The van der Waals surface area contributed by atoms with Gasteiger partial charge in [0.1, 0.15) is 11.6 Å². The zero-order valence-corrected chi connectivity index (χ0v) is 10.9. The number of hydrogen-bond acceptors (Lipinski definition) is 3. The molecule has 84 valence electrons. The molecule has 0 saturated carbocycles. The van der Waals surface area contributed by atoms with E-state index in [4.69, 9.17) is 4.74 Å². The van der Waals surface area contributed by atoms with E-state index < -0.39 is 0 Å². The first kappa shape index (κ1) is 12.3. The molecule has 1 N–H and O–H groups in total. The Morgan fingerprint density at radius 1 is 1.47 bits per heavy atom. The van der Waals surface area contributed by atoms with E-state index in [9.17, 15) is 0 Å². The molecular formula is C11H17BrN2O. The normalized spacial score (nSPS) is 14.4. The molecule has 0 aliphatic rings. The van der Waals surface area contributed by atoms with Crippen molar-refractivity contribution in [2.24, 2.45) is 5.92 Å². The summed E-state index contributed by atoms with van der Waals surface area (Å²) in [6, 6.07) is 4.22. The number of methoxy groups -OCH3 is 1. The first-order valence-electron chi connectivity index (χ1n) is 5.00. The van der Waals surface area contributed by atoms with Crippen molar-refractivity contribution < 1.29 is 4.74 Å². The number of nitrogens with one attached hydrogen (secondary N) is 1. The fourth-order valence-electron chi connectivity index (χ4n) is 1.10. The van der Waals surface area contributed by atoms with Crippen LogP contribution >= 0.6 is 15.9 Å². The van der Waals surface area contributed by atoms with Gasteiger partial charge in [-0.15, -0.1) is 0 Å². The van der Waals surface area contributed by atoms with Gasteiger partial charge in [0.15, 0.2) is 0 Å². The topological polar surface area (TPSA) is 34.1 Å². The predicted octanol–water partition coefficient (Wildman–Crippen LogP) is 2.92. The maximum absolute atomic E-state index is 5.04. The Hall–Kier alpha value is -0.770. The molecule has 0 radical (unpaired) electrons. The molecule has 0 amide bonds. The highest BCUT2D eigenvalue weighted by Crippen LogP contribution is 2.15. The lowest BCUT2D eigenvalue weighted by Gasteiger charge is -2.19. The zero-order chi connectivity index (χ0) is 11.3. The third kappa shape index (κ3) is 3.70. The summed E-state index contributed by atoms with van der Waals surface area (Å²) in [7, 11) is 1.64. The second-order valence-corrected chi connectivity index (χ2v) is 4.30. The maximum atomic E-state index is 5.04. The summed E-state index contributed by atoms with van der Waals surface area (Å²) < 4.78 is 5.04. The average Bonchev–Trinajstić information content (AvgIpc) is 2.29. The third-order valence-electron chi connectivity index (χ3n) is 2.44. The largest absolute Gasteiger partial charge is 0.495 e. The third-order valence-corrected chi connectivity index (χ3v) is 3.47. The second kappa shape index (κ2) is 5.95. The van der Waals surface area contributed by atoms with Crippen molar-refractivity contribution in [3.05, 3.63) is 18.3 Å². The summed E-state index contributed by atoms with van der Waals surface area (Å²) in [5.41, 5.74) is 0. The van der Waals surface area contributed by atoms with Crippen LogP contribution < -0.4 is 10.1 Å². The lowest BCUT2D eigenvalue weighted by atomic mass is 10.1. The molecule has 1 aromatic rings. The summed E-state index contributed by atoms with van der Waals surface area (Å²) in [6.07, 6.45) is 1.72. The highest BCUT2D eigenvalue weighted by atomic mass is 79.9. The maximum Gasteiger partial charge on any atom is 0.137 e. The number of pyridine rings is 1. The van der Waals surface area contributed by atoms with Crippen molar-refractivity contribution in [1.82, 2.24) is 4.98 Å². The fraction of sp³-hybridized carbons (Fsp3) is 0.545. The lowest BCUT2D eigenvalue weighted by molar-refractivity contribution is 0.413. The summed E-state index contributed by atoms with van der Waals surface area (Å²) in [5, 5.41) is 4.33. The first-order chi connectivity index (χ1) is 7.17. The molecule has 0 saturated heterocycles. The van der Waals surface area contributed by atoms with Crippen molar-refractivity contribution in [2.45, 2.75) is 19.9 Å². The van der Waals surface area contributed by atoms with Gasteiger partial charge in [-0.25, -0.2) is 4.98 Å². The van der Waals surface area contributed by atoms with Crippen molar-refractivity contribution in [2.75, 3.05) is 17.8 Å². The molecule has 1 aromatic heterocycles. The van der Waals surface area contributed by atoms with Gasteiger partial charge in [0.2, 0.25) is 0 Å². The van der Waals surface area contributed by atoms with E-state index >= 15 is 0 Å². The molecule has 0 aromatic carbocycles. The van der Waals surface area contributed by atoms with Crippen LogP contribution in [0.15, 0.2) is 18.3 Å². The quantitative estimate of drug-likeness (QED) is 0.837. The van der Waals surface area contributed by atoms with Crippen LogP contribution in [-0.4, -0.2) is 23.5 Å². The van der Waals surface area contributed by atoms with E-state index in [-0.39, 0.29) is 0 Å². The lowest BCUT2D eigenvalue weighted by Crippen LogP contribution is -2.25. The van der Waals surface area contributed by atoms with Gasteiger partial charge < -0.3 is 10.1 Å². The number of rotatable bonds is 5. The monoisotopic (exact) mass is 272 g/mol. The van der Waals surface area contributed by atoms with Crippen LogP contribution in [0.4, 0.5) is 5.82 Å². The zero-order valence-electron chi connectivity index (χ0n) is 9.33. The van der Waals surface area contributed by atoms with E-state index in [0.717, 1.165) is 16.9 Å². The van der Waals surface area contributed by atoms with Crippen LogP contribution in [0.25, 0.3) is 0 Å². The van der Waals surface area contributed by atoms with Gasteiger partial charge >= 0.3 is 0 Å². The van der Waals surface area contributed by atoms with Gasteiger partial charge in [0, 0.05) is 11.4 Å². The number of nitrogens with zero attached hydrogens (tertiary/aromatic N) is 1. The van der Waals surface area contributed by atoms with Crippen molar-refractivity contribution >= 4 is 21.7 Å². The molecule has 0 fully saturated rings. The van der Waals surface area contributed by atoms with E-state index in [1.54, 1.807) is 13.3 Å². The SMILES string of the molecule is COc1ccc(NC(C)C(C)CBr)nc1. The van der Waals surface area contributed by atoms with Gasteiger partial charge in [-0.2, -0.15) is 0 Å². The van der Waals surface area contributed by atoms with Gasteiger partial charge in [0.05, 0.1) is 13.3 Å². The van der Waals surface area contributed by atoms with Crippen molar-refractivity contribution in [1.29, 1.82) is 0 Å². The van der Waals surface area contributed by atoms with Crippen molar-refractivity contribution in [3.8, 4) is 5.75 Å². The average molecular weight is 273 g/mol. The Morgan fingerprint density at radius 3 is 2.67 bits per heavy atom. The highest BCUT2D eigenvalue weighted by molar-refractivity contribution is 9.09. The van der Waals surface area contributed by atoms with Gasteiger partial charge in [-0.1, -0.05) is 22.9 Å². The number of ether oxygens (including phenoxy) is 1. The number of alkyl halides is 1. The van der Waals surface area contributed by atoms with Crippen molar-refractivity contribution in [3.63, 3.8) is 0 Å². The number of halogens is 1. The van der Waals surface area contributed by atoms with Gasteiger partial charge in [-0.05, 0) is 25.0 Å². The Bertz CT molecular complexity index is 289. The summed E-state index contributed by atoms with van der Waals surface area (Å²) in [6.45, 7) is 4.34. The van der Waals surface area contributed by atoms with E-state index in [0.29, 0.717) is 12.0 Å². The Kier molecular flexibility index (Phi) is 4.88. The molecular weight excluding hydrogens is 256 g/mol. The minimum atomic E-state index is 0.394. The van der Waals surface area contributed by atoms with E-state index in [1.165, 1.54) is 0 Å². The fourth-order valence-corrected chi connectivity index (χ4v) is 1.66. The molecule has 0 aliphatic heterocycles. The Morgan fingerprint density at radius 2 is 2.20 bits per heavy atom.